The molecule has 5 heterocycles. The number of hydrogen-bond acceptors (Lipinski definition) is 6. The minimum absolute atomic E-state index is 0.274. The van der Waals surface area contributed by atoms with E-state index in [1.54, 1.807) is 38.4 Å². The Morgan fingerprint density at radius 1 is 1.21 bits per heavy atom. The van der Waals surface area contributed by atoms with Crippen LogP contribution in [0, 0.1) is 11.6 Å². The zero-order chi connectivity index (χ0) is 28.8. The smallest absolute Gasteiger partial charge is 0.277 e. The van der Waals surface area contributed by atoms with Gasteiger partial charge >= 0.3 is 0 Å². The first kappa shape index (κ1) is 23.2. The fourth-order valence-corrected chi connectivity index (χ4v) is 4.20. The van der Waals surface area contributed by atoms with Gasteiger partial charge < -0.3 is 9.84 Å². The first-order valence-corrected chi connectivity index (χ1v) is 12.1. The van der Waals surface area contributed by atoms with Crippen molar-refractivity contribution in [3.05, 3.63) is 105 Å². The summed E-state index contributed by atoms with van der Waals surface area (Å²) < 4.78 is 52.4. The minimum atomic E-state index is -2.87. The lowest BCUT2D eigenvalue weighted by Crippen LogP contribution is -2.24. The highest BCUT2D eigenvalue weighted by atomic mass is 35.5. The van der Waals surface area contributed by atoms with Crippen molar-refractivity contribution >= 4 is 11.6 Å². The number of pyridine rings is 3. The number of hydrogen-bond donors (Lipinski definition) is 1. The summed E-state index contributed by atoms with van der Waals surface area (Å²) in [6.45, 7) is 0.365. The third-order valence-electron chi connectivity index (χ3n) is 5.97. The van der Waals surface area contributed by atoms with E-state index in [1.807, 2.05) is 12.2 Å². The van der Waals surface area contributed by atoms with Crippen LogP contribution >= 0.6 is 11.6 Å². The van der Waals surface area contributed by atoms with Gasteiger partial charge in [0.05, 0.1) is 20.3 Å². The molecule has 5 rings (SSSR count). The molecule has 0 aromatic carbocycles. The summed E-state index contributed by atoms with van der Waals surface area (Å²) in [5.74, 6) is -2.15. The maximum atomic E-state index is 14.3. The van der Waals surface area contributed by atoms with Crippen molar-refractivity contribution in [1.29, 1.82) is 0 Å². The predicted octanol–water partition coefficient (Wildman–Crippen LogP) is 4.60. The van der Waals surface area contributed by atoms with E-state index in [0.29, 0.717) is 48.0 Å². The number of fused-ring (bicyclic) bond motifs is 3. The molecule has 0 fully saturated rings. The molecule has 0 radical (unpaired) electrons. The van der Waals surface area contributed by atoms with E-state index >= 15 is 0 Å². The summed E-state index contributed by atoms with van der Waals surface area (Å²) in [4.78, 5) is 21.7. The van der Waals surface area contributed by atoms with Gasteiger partial charge in [0.2, 0.25) is 0 Å². The average Bonchev–Trinajstić information content (AvgIpc) is 3.40. The predicted molar refractivity (Wildman–Crippen MR) is 137 cm³/mol. The van der Waals surface area contributed by atoms with Crippen molar-refractivity contribution in [2.75, 3.05) is 0 Å². The number of aliphatic hydroxyl groups is 1. The van der Waals surface area contributed by atoms with E-state index < -0.39 is 40.1 Å². The highest BCUT2D eigenvalue weighted by molar-refractivity contribution is 6.31. The SMILES string of the molecule is [2H]C([2H])(Oc1cc2n(c(=O)c1Cl)-c1cc(-n3ccc(C(C)(C)O)n3)ncc1CC/C=C\C2)c1ncc(F)cc1F. The second kappa shape index (κ2) is 10.1. The van der Waals surface area contributed by atoms with Gasteiger partial charge in [-0.25, -0.2) is 18.4 Å². The Hall–Kier alpha value is -3.89. The molecular weight excluding hydrogens is 516 g/mol. The van der Waals surface area contributed by atoms with E-state index in [0.717, 1.165) is 5.56 Å². The second-order valence-corrected chi connectivity index (χ2v) is 9.61. The quantitative estimate of drug-likeness (QED) is 0.371. The number of ether oxygens (including phenoxy) is 1. The average molecular weight is 542 g/mol. The Labute approximate surface area is 224 Å². The van der Waals surface area contributed by atoms with Crippen LogP contribution < -0.4 is 10.3 Å². The van der Waals surface area contributed by atoms with E-state index in [2.05, 4.69) is 15.1 Å². The Bertz CT molecular complexity index is 1700. The summed E-state index contributed by atoms with van der Waals surface area (Å²) in [6, 6.07) is 5.24. The van der Waals surface area contributed by atoms with Crippen LogP contribution in [0.5, 0.6) is 5.75 Å². The fourth-order valence-electron chi connectivity index (χ4n) is 4.02. The van der Waals surface area contributed by atoms with Crippen LogP contribution in [0.25, 0.3) is 11.5 Å². The maximum absolute atomic E-state index is 14.3. The molecule has 11 heteroatoms. The minimum Gasteiger partial charge on any atom is -0.485 e. The summed E-state index contributed by atoms with van der Waals surface area (Å²) >= 11 is 6.42. The Morgan fingerprint density at radius 2 is 2.03 bits per heavy atom. The van der Waals surface area contributed by atoms with Crippen LogP contribution in [-0.4, -0.2) is 29.4 Å². The highest BCUT2D eigenvalue weighted by Crippen LogP contribution is 2.28. The first-order chi connectivity index (χ1) is 18.8. The second-order valence-electron chi connectivity index (χ2n) is 9.23. The van der Waals surface area contributed by atoms with Crippen molar-refractivity contribution in [3.63, 3.8) is 0 Å². The molecule has 4 aromatic heterocycles. The number of aromatic nitrogens is 5. The lowest BCUT2D eigenvalue weighted by atomic mass is 10.1. The largest absolute Gasteiger partial charge is 0.485 e. The Balaban J connectivity index is 1.62. The Morgan fingerprint density at radius 3 is 2.76 bits per heavy atom. The number of aryl methyl sites for hydroxylation is 1. The number of halogens is 3. The topological polar surface area (TPSA) is 95.1 Å². The summed E-state index contributed by atoms with van der Waals surface area (Å²) in [5, 5.41) is 14.3. The van der Waals surface area contributed by atoms with Crippen LogP contribution in [-0.2, 0) is 25.0 Å². The van der Waals surface area contributed by atoms with Crippen molar-refractivity contribution in [1.82, 2.24) is 24.3 Å². The molecule has 0 bridgehead atoms. The van der Waals surface area contributed by atoms with Crippen molar-refractivity contribution < 1.29 is 21.4 Å². The normalized spacial score (nSPS) is 15.3. The Kier molecular flexibility index (Phi) is 6.18. The van der Waals surface area contributed by atoms with E-state index in [4.69, 9.17) is 19.1 Å². The molecule has 1 N–H and O–H groups in total. The summed E-state index contributed by atoms with van der Waals surface area (Å²) in [6.07, 6.45) is 9.30. The lowest BCUT2D eigenvalue weighted by Gasteiger charge is -2.18. The van der Waals surface area contributed by atoms with Crippen LogP contribution in [0.3, 0.4) is 0 Å². The molecule has 0 aliphatic carbocycles. The van der Waals surface area contributed by atoms with E-state index in [9.17, 15) is 18.7 Å². The van der Waals surface area contributed by atoms with Gasteiger partial charge in [0.25, 0.3) is 5.56 Å². The summed E-state index contributed by atoms with van der Waals surface area (Å²) in [5.41, 5.74) is -0.540. The van der Waals surface area contributed by atoms with Gasteiger partial charge in [0, 0.05) is 42.7 Å². The van der Waals surface area contributed by atoms with Crippen LogP contribution in [0.1, 0.15) is 45.7 Å². The molecule has 196 valence electrons. The molecule has 8 nitrogen and oxygen atoms in total. The van der Waals surface area contributed by atoms with Gasteiger partial charge in [-0.15, -0.1) is 0 Å². The van der Waals surface area contributed by atoms with Gasteiger partial charge in [-0.3, -0.25) is 14.3 Å². The third-order valence-corrected chi connectivity index (χ3v) is 6.32. The maximum Gasteiger partial charge on any atom is 0.277 e. The molecule has 0 atom stereocenters. The zero-order valence-electron chi connectivity index (χ0n) is 22.5. The molecular formula is C27H24ClF2N5O3. The molecule has 1 aliphatic heterocycles. The van der Waals surface area contributed by atoms with Gasteiger partial charge in [-0.1, -0.05) is 23.8 Å². The molecule has 0 spiro atoms. The van der Waals surface area contributed by atoms with Crippen molar-refractivity contribution in [3.8, 4) is 17.3 Å². The molecule has 0 saturated carbocycles. The third kappa shape index (κ3) is 5.09. The summed E-state index contributed by atoms with van der Waals surface area (Å²) in [7, 11) is 0. The van der Waals surface area contributed by atoms with Crippen LogP contribution in [0.15, 0.2) is 59.8 Å². The fraction of sp³-hybridized carbons (Fsp3) is 0.259. The first-order valence-electron chi connectivity index (χ1n) is 12.7. The van der Waals surface area contributed by atoms with E-state index in [1.165, 1.54) is 15.3 Å². The van der Waals surface area contributed by atoms with Gasteiger partial charge in [-0.05, 0) is 38.3 Å². The lowest BCUT2D eigenvalue weighted by molar-refractivity contribution is 0.0734. The van der Waals surface area contributed by atoms with Gasteiger partial charge in [-0.2, -0.15) is 5.10 Å². The number of allylic oxidation sites excluding steroid dienone is 2. The molecule has 0 saturated heterocycles. The van der Waals surface area contributed by atoms with Crippen molar-refractivity contribution in [2.45, 2.75) is 45.3 Å². The van der Waals surface area contributed by atoms with Crippen molar-refractivity contribution in [2.24, 2.45) is 0 Å². The zero-order valence-corrected chi connectivity index (χ0v) is 21.2. The van der Waals surface area contributed by atoms with Crippen LogP contribution in [0.2, 0.25) is 5.02 Å². The van der Waals surface area contributed by atoms with Gasteiger partial charge in [0.15, 0.2) is 11.6 Å². The molecule has 0 unspecified atom stereocenters. The monoisotopic (exact) mass is 541 g/mol. The highest BCUT2D eigenvalue weighted by Gasteiger charge is 2.22. The molecule has 1 aliphatic rings. The van der Waals surface area contributed by atoms with Gasteiger partial charge in [0.1, 0.15) is 34.4 Å². The van der Waals surface area contributed by atoms with E-state index in [-0.39, 0.29) is 12.2 Å². The molecule has 4 aromatic rings. The molecule has 38 heavy (non-hydrogen) atoms. The van der Waals surface area contributed by atoms with Crippen LogP contribution in [0.4, 0.5) is 8.78 Å². The standard InChI is InChI=1S/C27H24ClF2N5O3/c1-27(2,37)23-8-9-34(33-23)24-12-21-16(13-32-24)6-4-3-5-7-18-11-22(25(28)26(36)35(18)21)38-15-20-19(30)10-17(29)14-31-20/h3,5,8-14,37H,4,6-7,15H2,1-2H3/b5-3-/i15D2. The number of rotatable bonds is 5. The molecule has 0 amide bonds. The number of nitrogens with zero attached hydrogens (tertiary/aromatic N) is 5.